The van der Waals surface area contributed by atoms with Crippen LogP contribution in [0.4, 0.5) is 0 Å². The summed E-state index contributed by atoms with van der Waals surface area (Å²) in [5.41, 5.74) is 0. The van der Waals surface area contributed by atoms with Gasteiger partial charge in [-0.2, -0.15) is 5.10 Å². The maximum atomic E-state index is 5.98. The van der Waals surface area contributed by atoms with Crippen molar-refractivity contribution >= 4 is 0 Å². The molecule has 1 N–H and O–H groups in total. The summed E-state index contributed by atoms with van der Waals surface area (Å²) in [6.07, 6.45) is 13.5. The molecule has 1 aromatic heterocycles. The summed E-state index contributed by atoms with van der Waals surface area (Å²) >= 11 is 0. The van der Waals surface area contributed by atoms with E-state index in [0.717, 1.165) is 12.3 Å². The average molecular weight is 235 g/mol. The molecule has 2 heterocycles. The second kappa shape index (κ2) is 5.08. The van der Waals surface area contributed by atoms with Gasteiger partial charge in [-0.15, -0.1) is 0 Å². The summed E-state index contributed by atoms with van der Waals surface area (Å²) in [7, 11) is 0. The molecule has 0 aromatic carbocycles. The molecule has 1 aromatic rings. The number of ether oxygens (including phenoxy) is 1. The zero-order valence-electron chi connectivity index (χ0n) is 10.3. The highest BCUT2D eigenvalue weighted by molar-refractivity contribution is 5.13. The van der Waals surface area contributed by atoms with Gasteiger partial charge in [0.1, 0.15) is 6.17 Å². The molecule has 4 nitrogen and oxygen atoms in total. The van der Waals surface area contributed by atoms with Gasteiger partial charge in [0.25, 0.3) is 0 Å². The van der Waals surface area contributed by atoms with Crippen LogP contribution in [0.15, 0.2) is 12.4 Å². The van der Waals surface area contributed by atoms with Crippen LogP contribution in [-0.2, 0) is 0 Å². The van der Waals surface area contributed by atoms with Crippen LogP contribution in [0.25, 0.3) is 0 Å². The van der Waals surface area contributed by atoms with Gasteiger partial charge in [-0.05, 0) is 45.1 Å². The monoisotopic (exact) mass is 235 g/mol. The Balaban J connectivity index is 1.59. The van der Waals surface area contributed by atoms with Crippen LogP contribution in [0.2, 0.25) is 0 Å². The van der Waals surface area contributed by atoms with Crippen molar-refractivity contribution < 1.29 is 4.74 Å². The summed E-state index contributed by atoms with van der Waals surface area (Å²) in [4.78, 5) is 0. The van der Waals surface area contributed by atoms with Gasteiger partial charge in [0.2, 0.25) is 0 Å². The predicted octanol–water partition coefficient (Wildman–Crippen LogP) is 2.48. The topological polar surface area (TPSA) is 39.1 Å². The second-order valence-corrected chi connectivity index (χ2v) is 5.15. The molecule has 0 radical (unpaired) electrons. The maximum Gasteiger partial charge on any atom is 0.157 e. The van der Waals surface area contributed by atoms with Crippen LogP contribution in [0.3, 0.4) is 0 Å². The fraction of sp³-hybridized carbons (Fsp3) is 0.769. The molecule has 1 atom stereocenters. The number of rotatable bonds is 3. The Bertz CT molecular complexity index is 351. The van der Waals surface area contributed by atoms with Crippen LogP contribution in [0.1, 0.15) is 51.1 Å². The van der Waals surface area contributed by atoms with Gasteiger partial charge in [0, 0.05) is 0 Å². The summed E-state index contributed by atoms with van der Waals surface area (Å²) in [6.45, 7) is 1.10. The van der Waals surface area contributed by atoms with Crippen molar-refractivity contribution in [2.75, 3.05) is 6.54 Å². The molecule has 0 spiro atoms. The van der Waals surface area contributed by atoms with E-state index in [2.05, 4.69) is 10.4 Å². The van der Waals surface area contributed by atoms with E-state index in [4.69, 9.17) is 4.74 Å². The normalized spacial score (nSPS) is 26.2. The highest BCUT2D eigenvalue weighted by Gasteiger charge is 2.19. The molecule has 1 aliphatic heterocycles. The van der Waals surface area contributed by atoms with Crippen molar-refractivity contribution in [2.24, 2.45) is 0 Å². The predicted molar refractivity (Wildman–Crippen MR) is 66.0 cm³/mol. The molecule has 1 unspecified atom stereocenters. The molecule has 4 heteroatoms. The Morgan fingerprint density at radius 1 is 1.18 bits per heavy atom. The van der Waals surface area contributed by atoms with E-state index in [9.17, 15) is 0 Å². The highest BCUT2D eigenvalue weighted by Crippen LogP contribution is 2.24. The third-order valence-electron chi connectivity index (χ3n) is 3.79. The molecule has 0 amide bonds. The van der Waals surface area contributed by atoms with Gasteiger partial charge < -0.3 is 4.74 Å². The smallest absolute Gasteiger partial charge is 0.157 e. The van der Waals surface area contributed by atoms with Crippen molar-refractivity contribution in [3.63, 3.8) is 0 Å². The summed E-state index contributed by atoms with van der Waals surface area (Å²) in [5.74, 6) is 0.936. The summed E-state index contributed by atoms with van der Waals surface area (Å²) in [6, 6.07) is 0. The SMILES string of the molecule is c1nn(C2CCCN2)cc1OC1CCCCC1. The lowest BCUT2D eigenvalue weighted by Gasteiger charge is -2.21. The molecule has 1 saturated heterocycles. The first-order valence-electron chi connectivity index (χ1n) is 6.86. The standard InChI is InChI=1S/C13H21N3O/c1-2-5-11(6-3-1)17-12-9-15-16(10-12)13-7-4-8-14-13/h9-11,13-14H,1-8H2. The van der Waals surface area contributed by atoms with Crippen molar-refractivity contribution in [3.05, 3.63) is 12.4 Å². The Morgan fingerprint density at radius 3 is 2.82 bits per heavy atom. The van der Waals surface area contributed by atoms with Crippen LogP contribution in [0, 0.1) is 0 Å². The summed E-state index contributed by atoms with van der Waals surface area (Å²) in [5, 5.41) is 7.83. The van der Waals surface area contributed by atoms with Gasteiger partial charge >= 0.3 is 0 Å². The lowest BCUT2D eigenvalue weighted by atomic mass is 9.98. The zero-order chi connectivity index (χ0) is 11.5. The van der Waals surface area contributed by atoms with Crippen LogP contribution >= 0.6 is 0 Å². The van der Waals surface area contributed by atoms with Crippen LogP contribution in [-0.4, -0.2) is 22.4 Å². The molecular weight excluding hydrogens is 214 g/mol. The third kappa shape index (κ3) is 2.63. The number of hydrogen-bond acceptors (Lipinski definition) is 3. The zero-order valence-corrected chi connectivity index (χ0v) is 10.3. The number of aromatic nitrogens is 2. The molecule has 2 aliphatic rings. The fourth-order valence-corrected chi connectivity index (χ4v) is 2.82. The molecule has 17 heavy (non-hydrogen) atoms. The van der Waals surface area contributed by atoms with E-state index in [-0.39, 0.29) is 0 Å². The minimum atomic E-state index is 0.374. The van der Waals surface area contributed by atoms with Gasteiger partial charge in [-0.1, -0.05) is 6.42 Å². The van der Waals surface area contributed by atoms with Gasteiger partial charge in [0.15, 0.2) is 5.75 Å². The van der Waals surface area contributed by atoms with Crippen LogP contribution in [0.5, 0.6) is 5.75 Å². The Kier molecular flexibility index (Phi) is 3.31. The molecule has 2 fully saturated rings. The number of hydrogen-bond donors (Lipinski definition) is 1. The summed E-state index contributed by atoms with van der Waals surface area (Å²) < 4.78 is 7.99. The fourth-order valence-electron chi connectivity index (χ4n) is 2.82. The first-order chi connectivity index (χ1) is 8.42. The molecule has 0 bridgehead atoms. The van der Waals surface area contributed by atoms with E-state index in [1.165, 1.54) is 44.9 Å². The average Bonchev–Trinajstić information content (AvgIpc) is 3.00. The lowest BCUT2D eigenvalue weighted by Crippen LogP contribution is -2.20. The lowest BCUT2D eigenvalue weighted by molar-refractivity contribution is 0.154. The maximum absolute atomic E-state index is 5.98. The molecular formula is C13H21N3O. The third-order valence-corrected chi connectivity index (χ3v) is 3.79. The molecule has 1 aliphatic carbocycles. The quantitative estimate of drug-likeness (QED) is 0.874. The van der Waals surface area contributed by atoms with Gasteiger partial charge in [0.05, 0.1) is 18.5 Å². The Labute approximate surface area is 102 Å². The largest absolute Gasteiger partial charge is 0.487 e. The number of nitrogens with zero attached hydrogens (tertiary/aromatic N) is 2. The van der Waals surface area contributed by atoms with Gasteiger partial charge in [-0.3, -0.25) is 10.00 Å². The van der Waals surface area contributed by atoms with Crippen LogP contribution < -0.4 is 10.1 Å². The molecule has 1 saturated carbocycles. The molecule has 3 rings (SSSR count). The van der Waals surface area contributed by atoms with Crippen molar-refractivity contribution in [1.29, 1.82) is 0 Å². The van der Waals surface area contributed by atoms with E-state index in [1.54, 1.807) is 0 Å². The number of nitrogens with one attached hydrogen (secondary N) is 1. The first-order valence-corrected chi connectivity index (χ1v) is 6.86. The van der Waals surface area contributed by atoms with E-state index >= 15 is 0 Å². The minimum Gasteiger partial charge on any atom is -0.487 e. The second-order valence-electron chi connectivity index (χ2n) is 5.15. The minimum absolute atomic E-state index is 0.374. The van der Waals surface area contributed by atoms with Crippen molar-refractivity contribution in [3.8, 4) is 5.75 Å². The van der Waals surface area contributed by atoms with E-state index in [0.29, 0.717) is 12.3 Å². The first kappa shape index (κ1) is 11.1. The Morgan fingerprint density at radius 2 is 2.06 bits per heavy atom. The van der Waals surface area contributed by atoms with Gasteiger partial charge in [-0.25, -0.2) is 0 Å². The van der Waals surface area contributed by atoms with E-state index in [1.807, 2.05) is 17.1 Å². The van der Waals surface area contributed by atoms with E-state index < -0.39 is 0 Å². The van der Waals surface area contributed by atoms with Crippen molar-refractivity contribution in [1.82, 2.24) is 15.1 Å². The Hall–Kier alpha value is -1.03. The van der Waals surface area contributed by atoms with Crippen molar-refractivity contribution in [2.45, 2.75) is 57.2 Å². The molecule has 94 valence electrons. The highest BCUT2D eigenvalue weighted by atomic mass is 16.5.